The van der Waals surface area contributed by atoms with Crippen molar-refractivity contribution in [1.29, 1.82) is 0 Å². The van der Waals surface area contributed by atoms with Gasteiger partial charge in [-0.2, -0.15) is 0 Å². The Morgan fingerprint density at radius 1 is 1.15 bits per heavy atom. The van der Waals surface area contributed by atoms with Crippen molar-refractivity contribution in [2.75, 3.05) is 16.8 Å². The van der Waals surface area contributed by atoms with E-state index in [1.807, 2.05) is 13.0 Å². The van der Waals surface area contributed by atoms with Crippen molar-refractivity contribution in [3.63, 3.8) is 0 Å². The number of halogens is 1. The molecule has 3 amide bonds. The van der Waals surface area contributed by atoms with Gasteiger partial charge in [0.25, 0.3) is 0 Å². The van der Waals surface area contributed by atoms with Crippen molar-refractivity contribution in [2.24, 2.45) is 0 Å². The lowest BCUT2D eigenvalue weighted by Crippen LogP contribution is -2.35. The lowest BCUT2D eigenvalue weighted by atomic mass is 10.1. The zero-order chi connectivity index (χ0) is 19.4. The third kappa shape index (κ3) is 4.46. The quantitative estimate of drug-likeness (QED) is 0.794. The summed E-state index contributed by atoms with van der Waals surface area (Å²) in [5, 5.41) is 5.65. The van der Waals surface area contributed by atoms with Crippen molar-refractivity contribution < 1.29 is 14.4 Å². The van der Waals surface area contributed by atoms with Gasteiger partial charge in [0.15, 0.2) is 0 Å². The van der Waals surface area contributed by atoms with Crippen molar-refractivity contribution in [3.05, 3.63) is 58.6 Å². The molecular formula is C20H20ClN3O3. The maximum absolute atomic E-state index is 12.1. The van der Waals surface area contributed by atoms with Crippen molar-refractivity contribution in [2.45, 2.75) is 26.3 Å². The molecule has 1 fully saturated rings. The van der Waals surface area contributed by atoms with E-state index in [0.717, 1.165) is 23.2 Å². The van der Waals surface area contributed by atoms with Gasteiger partial charge in [-0.3, -0.25) is 14.4 Å². The average molecular weight is 386 g/mol. The van der Waals surface area contributed by atoms with Crippen LogP contribution in [0.5, 0.6) is 0 Å². The van der Waals surface area contributed by atoms with Gasteiger partial charge >= 0.3 is 11.8 Å². The molecule has 27 heavy (non-hydrogen) atoms. The largest absolute Gasteiger partial charge is 0.344 e. The Balaban J connectivity index is 1.60. The Morgan fingerprint density at radius 3 is 2.59 bits per heavy atom. The highest BCUT2D eigenvalue weighted by Crippen LogP contribution is 2.27. The third-order valence-corrected chi connectivity index (χ3v) is 4.79. The molecule has 0 spiro atoms. The molecule has 1 heterocycles. The second kappa shape index (κ2) is 8.22. The number of benzene rings is 2. The molecule has 140 valence electrons. The number of carbonyl (C=O) groups is 3. The van der Waals surface area contributed by atoms with Crippen molar-refractivity contribution in [1.82, 2.24) is 5.32 Å². The normalized spacial score (nSPS) is 13.6. The van der Waals surface area contributed by atoms with Crippen LogP contribution in [0, 0.1) is 6.92 Å². The summed E-state index contributed by atoms with van der Waals surface area (Å²) >= 11 is 6.03. The second-order valence-electron chi connectivity index (χ2n) is 6.38. The highest BCUT2D eigenvalue weighted by Gasteiger charge is 2.23. The van der Waals surface area contributed by atoms with E-state index in [4.69, 9.17) is 11.6 Å². The molecular weight excluding hydrogens is 366 g/mol. The number of aryl methyl sites for hydroxylation is 1. The number of rotatable bonds is 4. The van der Waals surface area contributed by atoms with E-state index in [9.17, 15) is 14.4 Å². The summed E-state index contributed by atoms with van der Waals surface area (Å²) in [7, 11) is 0. The molecule has 0 radical (unpaired) electrons. The topological polar surface area (TPSA) is 78.5 Å². The molecule has 0 aliphatic carbocycles. The van der Waals surface area contributed by atoms with E-state index in [2.05, 4.69) is 10.6 Å². The van der Waals surface area contributed by atoms with Crippen LogP contribution in [-0.4, -0.2) is 24.3 Å². The van der Waals surface area contributed by atoms with E-state index >= 15 is 0 Å². The van der Waals surface area contributed by atoms with E-state index in [1.54, 1.807) is 41.3 Å². The minimum Gasteiger partial charge on any atom is -0.344 e. The predicted octanol–water partition coefficient (Wildman–Crippen LogP) is 3.03. The number of nitrogens with zero attached hydrogens (tertiary/aromatic N) is 1. The van der Waals surface area contributed by atoms with Gasteiger partial charge in [0.2, 0.25) is 5.91 Å². The molecule has 1 saturated heterocycles. The SMILES string of the molecule is Cc1cc(NC(=O)C(=O)NCc2ccccc2Cl)ccc1N1CCCC1=O. The van der Waals surface area contributed by atoms with Crippen LogP contribution in [0.15, 0.2) is 42.5 Å². The molecule has 7 heteroatoms. The van der Waals surface area contributed by atoms with Crippen molar-refractivity contribution >= 4 is 40.7 Å². The molecule has 0 bridgehead atoms. The highest BCUT2D eigenvalue weighted by atomic mass is 35.5. The zero-order valence-electron chi connectivity index (χ0n) is 14.9. The van der Waals surface area contributed by atoms with Crippen LogP contribution in [0.4, 0.5) is 11.4 Å². The molecule has 3 rings (SSSR count). The number of hydrogen-bond acceptors (Lipinski definition) is 3. The number of nitrogens with one attached hydrogen (secondary N) is 2. The Bertz CT molecular complexity index is 898. The summed E-state index contributed by atoms with van der Waals surface area (Å²) in [6, 6.07) is 12.3. The van der Waals surface area contributed by atoms with Gasteiger partial charge in [-0.25, -0.2) is 0 Å². The van der Waals surface area contributed by atoms with Crippen LogP contribution in [0.1, 0.15) is 24.0 Å². The monoisotopic (exact) mass is 385 g/mol. The molecule has 0 aromatic heterocycles. The smallest absolute Gasteiger partial charge is 0.313 e. The second-order valence-corrected chi connectivity index (χ2v) is 6.79. The standard InChI is InChI=1S/C20H20ClN3O3/c1-13-11-15(8-9-17(13)24-10-4-7-18(24)25)23-20(27)19(26)22-12-14-5-2-3-6-16(14)21/h2-3,5-6,8-9,11H,4,7,10,12H2,1H3,(H,22,26)(H,23,27). The van der Waals surface area contributed by atoms with Crippen LogP contribution in [0.2, 0.25) is 5.02 Å². The number of amides is 3. The minimum atomic E-state index is -0.758. The maximum atomic E-state index is 12.1. The minimum absolute atomic E-state index is 0.105. The molecule has 1 aliphatic rings. The van der Waals surface area contributed by atoms with Crippen LogP contribution in [0.3, 0.4) is 0 Å². The first-order valence-electron chi connectivity index (χ1n) is 8.69. The summed E-state index contributed by atoms with van der Waals surface area (Å²) < 4.78 is 0. The summed E-state index contributed by atoms with van der Waals surface area (Å²) in [6.45, 7) is 2.74. The summed E-state index contributed by atoms with van der Waals surface area (Å²) in [6.07, 6.45) is 1.41. The maximum Gasteiger partial charge on any atom is 0.313 e. The van der Waals surface area contributed by atoms with Gasteiger partial charge in [0.1, 0.15) is 0 Å². The average Bonchev–Trinajstić information content (AvgIpc) is 3.06. The molecule has 0 saturated carbocycles. The summed E-state index contributed by atoms with van der Waals surface area (Å²) in [5.41, 5.74) is 2.93. The van der Waals surface area contributed by atoms with Gasteiger partial charge < -0.3 is 15.5 Å². The van der Waals surface area contributed by atoms with Crippen LogP contribution < -0.4 is 15.5 Å². The fourth-order valence-electron chi connectivity index (χ4n) is 3.02. The molecule has 0 atom stereocenters. The van der Waals surface area contributed by atoms with Gasteiger partial charge in [0.05, 0.1) is 0 Å². The fraction of sp³-hybridized carbons (Fsp3) is 0.250. The lowest BCUT2D eigenvalue weighted by Gasteiger charge is -2.19. The van der Waals surface area contributed by atoms with Gasteiger partial charge in [-0.1, -0.05) is 29.8 Å². The summed E-state index contributed by atoms with van der Waals surface area (Å²) in [5.74, 6) is -1.40. The Labute approximate surface area is 162 Å². The van der Waals surface area contributed by atoms with E-state index in [-0.39, 0.29) is 12.5 Å². The first-order chi connectivity index (χ1) is 13.0. The zero-order valence-corrected chi connectivity index (χ0v) is 15.7. The number of anilines is 2. The van der Waals surface area contributed by atoms with Gasteiger partial charge in [-0.15, -0.1) is 0 Å². The Kier molecular flexibility index (Phi) is 5.76. The van der Waals surface area contributed by atoms with E-state index in [1.165, 1.54) is 0 Å². The molecule has 0 unspecified atom stereocenters. The van der Waals surface area contributed by atoms with Crippen LogP contribution >= 0.6 is 11.6 Å². The molecule has 2 aromatic rings. The molecule has 1 aliphatic heterocycles. The van der Waals surface area contributed by atoms with E-state index < -0.39 is 11.8 Å². The van der Waals surface area contributed by atoms with Crippen LogP contribution in [0.25, 0.3) is 0 Å². The molecule has 2 aromatic carbocycles. The van der Waals surface area contributed by atoms with Crippen molar-refractivity contribution in [3.8, 4) is 0 Å². The molecule has 2 N–H and O–H groups in total. The van der Waals surface area contributed by atoms with Gasteiger partial charge in [0, 0.05) is 35.9 Å². The first-order valence-corrected chi connectivity index (χ1v) is 9.07. The highest BCUT2D eigenvalue weighted by molar-refractivity contribution is 6.39. The number of carbonyl (C=O) groups excluding carboxylic acids is 3. The molecule has 6 nitrogen and oxygen atoms in total. The first kappa shape index (κ1) is 18.9. The Hall–Kier alpha value is -2.86. The fourth-order valence-corrected chi connectivity index (χ4v) is 3.23. The van der Waals surface area contributed by atoms with Crippen LogP contribution in [-0.2, 0) is 20.9 Å². The predicted molar refractivity (Wildman–Crippen MR) is 105 cm³/mol. The third-order valence-electron chi connectivity index (χ3n) is 4.42. The Morgan fingerprint density at radius 2 is 1.93 bits per heavy atom. The van der Waals surface area contributed by atoms with Gasteiger partial charge in [-0.05, 0) is 48.7 Å². The van der Waals surface area contributed by atoms with E-state index in [0.29, 0.717) is 23.7 Å². The lowest BCUT2D eigenvalue weighted by molar-refractivity contribution is -0.136. The number of hydrogen-bond donors (Lipinski definition) is 2. The summed E-state index contributed by atoms with van der Waals surface area (Å²) in [4.78, 5) is 37.8.